The second-order valence-electron chi connectivity index (χ2n) is 2.90. The predicted molar refractivity (Wildman–Crippen MR) is 78.5 cm³/mol. The lowest BCUT2D eigenvalue weighted by molar-refractivity contribution is 0.401. The van der Waals surface area contributed by atoms with Crippen molar-refractivity contribution in [2.75, 3.05) is 19.8 Å². The average Bonchev–Trinajstić information content (AvgIpc) is 2.31. The van der Waals surface area contributed by atoms with Crippen LogP contribution in [0.25, 0.3) is 0 Å². The third kappa shape index (κ3) is 7.47. The van der Waals surface area contributed by atoms with Gasteiger partial charge in [0.2, 0.25) is 0 Å². The van der Waals surface area contributed by atoms with Crippen LogP contribution in [0.2, 0.25) is 6.04 Å². The fourth-order valence-electron chi connectivity index (χ4n) is 0.919. The maximum absolute atomic E-state index is 5.52. The van der Waals surface area contributed by atoms with Crippen molar-refractivity contribution in [1.82, 2.24) is 0 Å². The van der Waals surface area contributed by atoms with Gasteiger partial charge in [0.05, 0.1) is 19.8 Å². The lowest BCUT2D eigenvalue weighted by Crippen LogP contribution is -2.24. The molecule has 0 unspecified atom stereocenters. The van der Waals surface area contributed by atoms with Crippen molar-refractivity contribution in [3.05, 3.63) is 0 Å². The van der Waals surface area contributed by atoms with Gasteiger partial charge in [-0.2, -0.15) is 0 Å². The Bertz CT molecular complexity index is 141. The van der Waals surface area contributed by atoms with Gasteiger partial charge >= 0.3 is 5.52 Å². The monoisotopic (exact) mass is 302 g/mol. The zero-order chi connectivity index (χ0) is 12.3. The number of hydrogen-bond donors (Lipinski definition) is 0. The van der Waals surface area contributed by atoms with Gasteiger partial charge < -0.3 is 12.5 Å². The highest BCUT2D eigenvalue weighted by Gasteiger charge is 2.40. The molecule has 98 valence electrons. The van der Waals surface area contributed by atoms with E-state index in [1.165, 1.54) is 0 Å². The highest BCUT2D eigenvalue weighted by Crippen LogP contribution is 2.47. The molecule has 0 fully saturated rings. The lowest BCUT2D eigenvalue weighted by atomic mass is 10.6. The quantitative estimate of drug-likeness (QED) is 0.415. The standard InChI is InChI=1S/C9H22O3S3Si/c1-5-9-16(13-10-6-2,14-11-7-3)15-12-8-4/h5-9H2,1-4H3. The SMILES string of the molecule is CCC[Si](SOCC)(SOCC)SOCC. The number of hydrogen-bond acceptors (Lipinski definition) is 6. The van der Waals surface area contributed by atoms with E-state index in [0.717, 1.165) is 32.3 Å². The Kier molecular flexibility index (Phi) is 12.1. The summed E-state index contributed by atoms with van der Waals surface area (Å²) in [6.45, 7) is 10.4. The molecular formula is C9H22O3S3Si. The second-order valence-corrected chi connectivity index (χ2v) is 16.1. The van der Waals surface area contributed by atoms with Gasteiger partial charge in [0.25, 0.3) is 0 Å². The molecule has 0 aromatic heterocycles. The summed E-state index contributed by atoms with van der Waals surface area (Å²) in [5.74, 6) is 0. The van der Waals surface area contributed by atoms with E-state index >= 15 is 0 Å². The van der Waals surface area contributed by atoms with E-state index in [-0.39, 0.29) is 0 Å². The first kappa shape index (κ1) is 17.1. The molecule has 16 heavy (non-hydrogen) atoms. The summed E-state index contributed by atoms with van der Waals surface area (Å²) in [5.41, 5.74) is -1.78. The minimum Gasteiger partial charge on any atom is -0.320 e. The minimum atomic E-state index is -1.78. The van der Waals surface area contributed by atoms with Crippen molar-refractivity contribution < 1.29 is 12.5 Å². The Morgan fingerprint density at radius 2 is 1.12 bits per heavy atom. The Hall–Kier alpha value is 1.15. The largest absolute Gasteiger partial charge is 0.331 e. The summed E-state index contributed by atoms with van der Waals surface area (Å²) < 4.78 is 16.6. The molecule has 0 aliphatic rings. The first-order valence-electron chi connectivity index (χ1n) is 5.66. The van der Waals surface area contributed by atoms with Crippen LogP contribution in [0.3, 0.4) is 0 Å². The summed E-state index contributed by atoms with van der Waals surface area (Å²) >= 11 is 4.76. The normalized spacial score (nSPS) is 12.0. The smallest absolute Gasteiger partial charge is 0.320 e. The van der Waals surface area contributed by atoms with Crippen LogP contribution in [0.5, 0.6) is 0 Å². The van der Waals surface area contributed by atoms with E-state index in [9.17, 15) is 0 Å². The minimum absolute atomic E-state index is 0.725. The van der Waals surface area contributed by atoms with Crippen molar-refractivity contribution >= 4 is 40.0 Å². The summed E-state index contributed by atoms with van der Waals surface area (Å²) in [5, 5.41) is 0. The fourth-order valence-corrected chi connectivity index (χ4v) is 11.6. The molecule has 7 heteroatoms. The van der Waals surface area contributed by atoms with Crippen molar-refractivity contribution in [3.63, 3.8) is 0 Å². The summed E-state index contributed by atoms with van der Waals surface area (Å²) in [6.07, 6.45) is 1.13. The molecule has 0 radical (unpaired) electrons. The molecule has 0 spiro atoms. The van der Waals surface area contributed by atoms with Crippen LogP contribution < -0.4 is 0 Å². The van der Waals surface area contributed by atoms with Gasteiger partial charge in [-0.1, -0.05) is 13.3 Å². The number of rotatable bonds is 11. The fraction of sp³-hybridized carbons (Fsp3) is 1.00. The summed E-state index contributed by atoms with van der Waals surface area (Å²) in [7, 11) is 0. The summed E-state index contributed by atoms with van der Waals surface area (Å²) in [4.78, 5) is 0. The van der Waals surface area contributed by atoms with Gasteiger partial charge in [0.15, 0.2) is 0 Å². The molecule has 0 atom stereocenters. The molecule has 0 saturated carbocycles. The predicted octanol–water partition coefficient (Wildman–Crippen LogP) is 4.39. The van der Waals surface area contributed by atoms with Gasteiger partial charge in [-0.3, -0.25) is 0 Å². The van der Waals surface area contributed by atoms with Crippen LogP contribution in [-0.2, 0) is 12.5 Å². The topological polar surface area (TPSA) is 27.7 Å². The van der Waals surface area contributed by atoms with Gasteiger partial charge in [-0.15, -0.1) is 0 Å². The third-order valence-electron chi connectivity index (χ3n) is 1.47. The van der Waals surface area contributed by atoms with E-state index in [1.807, 2.05) is 20.8 Å². The third-order valence-corrected chi connectivity index (χ3v) is 13.3. The molecule has 0 bridgehead atoms. The highest BCUT2D eigenvalue weighted by atomic mass is 32.8. The van der Waals surface area contributed by atoms with Crippen LogP contribution >= 0.6 is 34.5 Å². The van der Waals surface area contributed by atoms with Crippen molar-refractivity contribution in [2.24, 2.45) is 0 Å². The van der Waals surface area contributed by atoms with Crippen LogP contribution in [0.4, 0.5) is 0 Å². The van der Waals surface area contributed by atoms with Gasteiger partial charge in [-0.05, 0) is 61.3 Å². The molecule has 0 aromatic rings. The van der Waals surface area contributed by atoms with E-state index in [1.54, 1.807) is 34.5 Å². The van der Waals surface area contributed by atoms with Crippen LogP contribution in [0.15, 0.2) is 0 Å². The molecule has 0 aliphatic carbocycles. The Balaban J connectivity index is 4.32. The Labute approximate surface area is 112 Å². The van der Waals surface area contributed by atoms with Crippen molar-refractivity contribution in [3.8, 4) is 0 Å². The van der Waals surface area contributed by atoms with Crippen LogP contribution in [-0.4, -0.2) is 25.3 Å². The second kappa shape index (κ2) is 11.2. The molecule has 0 saturated heterocycles. The van der Waals surface area contributed by atoms with E-state index in [0.29, 0.717) is 0 Å². The maximum atomic E-state index is 5.52. The average molecular weight is 303 g/mol. The first-order valence-corrected chi connectivity index (χ1v) is 12.3. The molecule has 0 N–H and O–H groups in total. The van der Waals surface area contributed by atoms with E-state index in [4.69, 9.17) is 12.5 Å². The molecular weight excluding hydrogens is 280 g/mol. The first-order chi connectivity index (χ1) is 7.74. The molecule has 0 aliphatic heterocycles. The molecule has 0 amide bonds. The maximum Gasteiger partial charge on any atom is 0.331 e. The molecule has 0 rings (SSSR count). The van der Waals surface area contributed by atoms with Gasteiger partial charge in [0, 0.05) is 0 Å². The van der Waals surface area contributed by atoms with Gasteiger partial charge in [-0.25, -0.2) is 0 Å². The van der Waals surface area contributed by atoms with Crippen LogP contribution in [0, 0.1) is 0 Å². The Morgan fingerprint density at radius 1 is 0.750 bits per heavy atom. The molecule has 0 aromatic carbocycles. The van der Waals surface area contributed by atoms with E-state index < -0.39 is 5.52 Å². The lowest BCUT2D eigenvalue weighted by Gasteiger charge is -2.25. The van der Waals surface area contributed by atoms with Crippen molar-refractivity contribution in [1.29, 1.82) is 0 Å². The van der Waals surface area contributed by atoms with Crippen molar-refractivity contribution in [2.45, 2.75) is 40.2 Å². The Morgan fingerprint density at radius 3 is 1.38 bits per heavy atom. The molecule has 0 heterocycles. The zero-order valence-corrected chi connectivity index (χ0v) is 13.9. The zero-order valence-electron chi connectivity index (χ0n) is 10.5. The van der Waals surface area contributed by atoms with Crippen LogP contribution in [0.1, 0.15) is 34.1 Å². The van der Waals surface area contributed by atoms with Gasteiger partial charge in [0.1, 0.15) is 0 Å². The highest BCUT2D eigenvalue weighted by molar-refractivity contribution is 8.78. The van der Waals surface area contributed by atoms with E-state index in [2.05, 4.69) is 6.92 Å². The summed E-state index contributed by atoms with van der Waals surface area (Å²) in [6, 6.07) is 1.12. The molecule has 3 nitrogen and oxygen atoms in total.